The Kier molecular flexibility index (Phi) is 6.28. The molecule has 1 aromatic heterocycles. The Bertz CT molecular complexity index is 802. The first-order valence-corrected chi connectivity index (χ1v) is 8.08. The van der Waals surface area contributed by atoms with Gasteiger partial charge in [-0.25, -0.2) is 4.98 Å². The van der Waals surface area contributed by atoms with Crippen molar-refractivity contribution < 1.29 is 43.9 Å². The number of hydrogen-bond donors (Lipinski definition) is 2. The molecular weight excluding hydrogens is 398 g/mol. The van der Waals surface area contributed by atoms with E-state index in [9.17, 15) is 31.4 Å². The number of pyridine rings is 1. The molecule has 150 valence electrons. The van der Waals surface area contributed by atoms with Gasteiger partial charge < -0.3 is 22.8 Å². The third-order valence-corrected chi connectivity index (χ3v) is 4.52. The maximum absolute atomic E-state index is 13.2. The van der Waals surface area contributed by atoms with Crippen LogP contribution in [0.5, 0.6) is 0 Å². The minimum absolute atomic E-state index is 0. The summed E-state index contributed by atoms with van der Waals surface area (Å²) in [4.78, 5) is 3.22. The zero-order valence-electron chi connectivity index (χ0n) is 13.8. The fourth-order valence-electron chi connectivity index (χ4n) is 3.26. The molecule has 0 amide bonds. The highest BCUT2D eigenvalue weighted by molar-refractivity contribution is 5.86. The summed E-state index contributed by atoms with van der Waals surface area (Å²) in [6.07, 6.45) is -9.00. The molecule has 0 bridgehead atoms. The van der Waals surface area contributed by atoms with Crippen molar-refractivity contribution in [2.75, 3.05) is 6.54 Å². The highest BCUT2D eigenvalue weighted by Gasteiger charge is 2.38. The molecule has 1 aliphatic heterocycles. The minimum atomic E-state index is -4.93. The third-order valence-electron chi connectivity index (χ3n) is 4.52. The van der Waals surface area contributed by atoms with Crippen molar-refractivity contribution in [3.8, 4) is 0 Å². The molecule has 1 saturated heterocycles. The number of nitrogens with one attached hydrogen (secondary N) is 1. The van der Waals surface area contributed by atoms with E-state index in [-0.39, 0.29) is 23.4 Å². The van der Waals surface area contributed by atoms with Crippen molar-refractivity contribution in [3.05, 3.63) is 41.1 Å². The quantitative estimate of drug-likeness (QED) is 0.733. The van der Waals surface area contributed by atoms with Crippen molar-refractivity contribution >= 4 is 10.9 Å². The molecule has 10 heteroatoms. The van der Waals surface area contributed by atoms with Crippen molar-refractivity contribution in [1.82, 2.24) is 10.3 Å². The van der Waals surface area contributed by atoms with Crippen LogP contribution in [0.3, 0.4) is 0 Å². The van der Waals surface area contributed by atoms with E-state index in [0.29, 0.717) is 25.1 Å². The maximum atomic E-state index is 13.2. The number of hydrogen-bond acceptors (Lipinski definition) is 3. The Morgan fingerprint density at radius 1 is 1.07 bits per heavy atom. The molecule has 27 heavy (non-hydrogen) atoms. The topological polar surface area (TPSA) is 45.2 Å². The van der Waals surface area contributed by atoms with Gasteiger partial charge in [-0.3, -0.25) is 0 Å². The second-order valence-corrected chi connectivity index (χ2v) is 6.30. The van der Waals surface area contributed by atoms with Gasteiger partial charge in [-0.2, -0.15) is 26.3 Å². The maximum Gasteiger partial charge on any atom is 0.433 e. The summed E-state index contributed by atoms with van der Waals surface area (Å²) in [7, 11) is 0. The summed E-state index contributed by atoms with van der Waals surface area (Å²) in [6.45, 7) is 0.588. The Labute approximate surface area is 157 Å². The van der Waals surface area contributed by atoms with Gasteiger partial charge in [0.1, 0.15) is 5.69 Å². The molecule has 1 aromatic carbocycles. The SMILES string of the molecule is OC(c1cc(C(F)(F)F)nc2c(C(F)(F)F)cccc12)C1CCCCN1.[Cl-]. The molecule has 2 heterocycles. The van der Waals surface area contributed by atoms with Crippen LogP contribution in [-0.2, 0) is 12.4 Å². The van der Waals surface area contributed by atoms with E-state index in [2.05, 4.69) is 10.3 Å². The molecular formula is C17H16ClF6N2O-. The van der Waals surface area contributed by atoms with Crippen LogP contribution in [0.2, 0.25) is 0 Å². The Balaban J connectivity index is 0.00000261. The number of aliphatic hydroxyl groups excluding tert-OH is 1. The van der Waals surface area contributed by atoms with Gasteiger partial charge in [-0.15, -0.1) is 0 Å². The summed E-state index contributed by atoms with van der Waals surface area (Å²) in [5, 5.41) is 13.5. The summed E-state index contributed by atoms with van der Waals surface area (Å²) >= 11 is 0. The molecule has 3 nitrogen and oxygen atoms in total. The molecule has 3 rings (SSSR count). The van der Waals surface area contributed by atoms with Crippen LogP contribution in [0.15, 0.2) is 24.3 Å². The first-order valence-electron chi connectivity index (χ1n) is 8.08. The molecule has 0 spiro atoms. The zero-order chi connectivity index (χ0) is 19.1. The Morgan fingerprint density at radius 2 is 1.78 bits per heavy atom. The molecule has 0 aliphatic carbocycles. The standard InChI is InChI=1S/C17H16F6N2O.ClH/c18-16(19,20)11-5-3-4-9-10(15(26)12-6-1-2-7-24-12)8-13(17(21,22)23)25-14(9)11;/h3-5,8,12,15,24,26H,1-2,6-7H2;1H/p-1. The van der Waals surface area contributed by atoms with Gasteiger partial charge in [-0.1, -0.05) is 18.6 Å². The number of piperidine rings is 1. The van der Waals surface area contributed by atoms with Crippen molar-refractivity contribution in [3.63, 3.8) is 0 Å². The van der Waals surface area contributed by atoms with E-state index in [1.807, 2.05) is 0 Å². The average Bonchev–Trinajstić information content (AvgIpc) is 2.58. The lowest BCUT2D eigenvalue weighted by atomic mass is 9.91. The molecule has 2 aromatic rings. The van der Waals surface area contributed by atoms with Crippen LogP contribution in [0, 0.1) is 0 Å². The number of nitrogens with zero attached hydrogens (tertiary/aromatic N) is 1. The van der Waals surface area contributed by atoms with Crippen LogP contribution >= 0.6 is 0 Å². The normalized spacial score (nSPS) is 19.6. The second kappa shape index (κ2) is 7.81. The van der Waals surface area contributed by atoms with Gasteiger partial charge in [0, 0.05) is 11.4 Å². The molecule has 0 radical (unpaired) electrons. The van der Waals surface area contributed by atoms with Crippen molar-refractivity contribution in [2.45, 2.75) is 43.8 Å². The first kappa shape index (κ1) is 21.7. The second-order valence-electron chi connectivity index (χ2n) is 6.30. The summed E-state index contributed by atoms with van der Waals surface area (Å²) in [6, 6.07) is 3.16. The fraction of sp³-hybridized carbons (Fsp3) is 0.471. The largest absolute Gasteiger partial charge is 1.00 e. The Hall–Kier alpha value is -1.58. The van der Waals surface area contributed by atoms with Crippen LogP contribution in [0.1, 0.15) is 42.2 Å². The number of rotatable bonds is 2. The van der Waals surface area contributed by atoms with E-state index >= 15 is 0 Å². The lowest BCUT2D eigenvalue weighted by Gasteiger charge is -2.29. The van der Waals surface area contributed by atoms with Crippen molar-refractivity contribution in [2.24, 2.45) is 0 Å². The number of halogens is 7. The Morgan fingerprint density at radius 3 is 2.33 bits per heavy atom. The van der Waals surface area contributed by atoms with Crippen molar-refractivity contribution in [1.29, 1.82) is 0 Å². The summed E-state index contributed by atoms with van der Waals surface area (Å²) in [5.74, 6) is 0. The first-order chi connectivity index (χ1) is 12.1. The molecule has 1 aliphatic rings. The fourth-order valence-corrected chi connectivity index (χ4v) is 3.26. The lowest BCUT2D eigenvalue weighted by Crippen LogP contribution is -3.00. The van der Waals surface area contributed by atoms with Gasteiger partial charge >= 0.3 is 12.4 Å². The van der Waals surface area contributed by atoms with E-state index in [0.717, 1.165) is 18.9 Å². The summed E-state index contributed by atoms with van der Waals surface area (Å²) < 4.78 is 79.3. The zero-order valence-corrected chi connectivity index (χ0v) is 14.6. The highest BCUT2D eigenvalue weighted by Crippen LogP contribution is 2.39. The number of alkyl halides is 6. The van der Waals surface area contributed by atoms with Crippen LogP contribution < -0.4 is 17.7 Å². The number of benzene rings is 1. The van der Waals surface area contributed by atoms with Crippen LogP contribution in [0.25, 0.3) is 10.9 Å². The molecule has 2 unspecified atom stereocenters. The number of para-hydroxylation sites is 1. The van der Waals surface area contributed by atoms with Gasteiger partial charge in [0.05, 0.1) is 17.2 Å². The predicted octanol–water partition coefficient (Wildman–Crippen LogP) is 1.45. The van der Waals surface area contributed by atoms with Crippen LogP contribution in [-0.4, -0.2) is 22.7 Å². The van der Waals surface area contributed by atoms with Gasteiger partial charge in [0.2, 0.25) is 0 Å². The van der Waals surface area contributed by atoms with E-state index in [1.165, 1.54) is 6.07 Å². The van der Waals surface area contributed by atoms with E-state index < -0.39 is 41.3 Å². The highest BCUT2D eigenvalue weighted by atomic mass is 35.5. The smallest absolute Gasteiger partial charge is 0.433 e. The van der Waals surface area contributed by atoms with Gasteiger partial charge in [-0.05, 0) is 37.1 Å². The number of aliphatic hydroxyl groups is 1. The van der Waals surface area contributed by atoms with Gasteiger partial charge in [0.15, 0.2) is 0 Å². The summed E-state index contributed by atoms with van der Waals surface area (Å²) in [5.41, 5.74) is -3.72. The molecule has 2 atom stereocenters. The molecule has 2 N–H and O–H groups in total. The van der Waals surface area contributed by atoms with Crippen LogP contribution in [0.4, 0.5) is 26.3 Å². The predicted molar refractivity (Wildman–Crippen MR) is 82.3 cm³/mol. The molecule has 0 saturated carbocycles. The number of fused-ring (bicyclic) bond motifs is 1. The van der Waals surface area contributed by atoms with Gasteiger partial charge in [0.25, 0.3) is 0 Å². The van der Waals surface area contributed by atoms with E-state index in [4.69, 9.17) is 0 Å². The third kappa shape index (κ3) is 4.47. The van der Waals surface area contributed by atoms with E-state index in [1.54, 1.807) is 0 Å². The minimum Gasteiger partial charge on any atom is -1.00 e. The molecule has 1 fully saturated rings. The lowest BCUT2D eigenvalue weighted by molar-refractivity contribution is -0.142. The average molecular weight is 414 g/mol. The monoisotopic (exact) mass is 413 g/mol. The number of aromatic nitrogens is 1.